The molecule has 0 saturated heterocycles. The number of nitrogens with zero attached hydrogens (tertiary/aromatic N) is 2. The van der Waals surface area contributed by atoms with E-state index in [2.05, 4.69) is 21.4 Å². The highest BCUT2D eigenvalue weighted by atomic mass is 19.1. The Hall–Kier alpha value is -3.84. The Balaban J connectivity index is 0.00000124. The van der Waals surface area contributed by atoms with Gasteiger partial charge in [0.25, 0.3) is 0 Å². The second kappa shape index (κ2) is 9.58. The van der Waals surface area contributed by atoms with Crippen LogP contribution in [0.2, 0.25) is 0 Å². The molecule has 0 radical (unpaired) electrons. The number of fused-ring (bicyclic) bond motifs is 1. The number of aromatic nitrogens is 2. The van der Waals surface area contributed by atoms with Gasteiger partial charge in [0, 0.05) is 30.8 Å². The van der Waals surface area contributed by atoms with E-state index < -0.39 is 5.82 Å². The SMILES string of the molecule is CO.Nc1ccc(-c2ccc(C=O)c(F)c2)nc1NCc1ccc2ncccc2c1. The number of rotatable bonds is 5. The van der Waals surface area contributed by atoms with Crippen LogP contribution in [0.4, 0.5) is 15.9 Å². The van der Waals surface area contributed by atoms with Gasteiger partial charge in [0.05, 0.1) is 22.5 Å². The summed E-state index contributed by atoms with van der Waals surface area (Å²) in [5.74, 6) is -0.0611. The van der Waals surface area contributed by atoms with E-state index in [0.29, 0.717) is 35.6 Å². The number of nitrogens with two attached hydrogens (primary N) is 1. The van der Waals surface area contributed by atoms with Crippen LogP contribution >= 0.6 is 0 Å². The summed E-state index contributed by atoms with van der Waals surface area (Å²) >= 11 is 0. The first kappa shape index (κ1) is 20.9. The topological polar surface area (TPSA) is 101 Å². The van der Waals surface area contributed by atoms with E-state index >= 15 is 0 Å². The highest BCUT2D eigenvalue weighted by Crippen LogP contribution is 2.25. The highest BCUT2D eigenvalue weighted by Gasteiger charge is 2.09. The van der Waals surface area contributed by atoms with E-state index in [-0.39, 0.29) is 5.56 Å². The molecule has 2 heterocycles. The highest BCUT2D eigenvalue weighted by molar-refractivity contribution is 5.79. The number of carbonyl (C=O) groups is 1. The van der Waals surface area contributed by atoms with E-state index in [0.717, 1.165) is 23.6 Å². The van der Waals surface area contributed by atoms with E-state index in [1.165, 1.54) is 12.1 Å². The van der Waals surface area contributed by atoms with Crippen LogP contribution in [0, 0.1) is 5.82 Å². The number of aldehydes is 1. The molecule has 0 atom stereocenters. The summed E-state index contributed by atoms with van der Waals surface area (Å²) in [5, 5.41) is 11.3. The molecule has 0 aliphatic heterocycles. The van der Waals surface area contributed by atoms with Crippen molar-refractivity contribution in [2.24, 2.45) is 0 Å². The van der Waals surface area contributed by atoms with Crippen molar-refractivity contribution in [2.75, 3.05) is 18.2 Å². The molecular weight excluding hydrogens is 383 g/mol. The summed E-state index contributed by atoms with van der Waals surface area (Å²) in [6.45, 7) is 0.532. The van der Waals surface area contributed by atoms with Gasteiger partial charge in [0.2, 0.25) is 0 Å². The zero-order chi connectivity index (χ0) is 21.5. The summed E-state index contributed by atoms with van der Waals surface area (Å²) in [7, 11) is 1.00. The number of benzene rings is 2. The van der Waals surface area contributed by atoms with Crippen LogP contribution in [0.15, 0.2) is 66.9 Å². The van der Waals surface area contributed by atoms with E-state index in [4.69, 9.17) is 10.8 Å². The predicted molar refractivity (Wildman–Crippen MR) is 117 cm³/mol. The average molecular weight is 404 g/mol. The first-order valence-corrected chi connectivity index (χ1v) is 9.18. The molecule has 4 aromatic rings. The number of nitrogens with one attached hydrogen (secondary N) is 1. The van der Waals surface area contributed by atoms with Gasteiger partial charge in [-0.1, -0.05) is 18.2 Å². The Kier molecular flexibility index (Phi) is 6.67. The van der Waals surface area contributed by atoms with Crippen LogP contribution in [-0.2, 0) is 6.54 Å². The molecule has 6 nitrogen and oxygen atoms in total. The predicted octanol–water partition coefficient (Wildman–Crippen LogP) is 4.05. The van der Waals surface area contributed by atoms with E-state index in [1.54, 1.807) is 24.4 Å². The van der Waals surface area contributed by atoms with Crippen LogP contribution in [0.5, 0.6) is 0 Å². The quantitative estimate of drug-likeness (QED) is 0.434. The maximum atomic E-state index is 13.9. The Bertz CT molecular complexity index is 1180. The third-order valence-electron chi connectivity index (χ3n) is 4.48. The largest absolute Gasteiger partial charge is 0.400 e. The summed E-state index contributed by atoms with van der Waals surface area (Å²) in [6, 6.07) is 17.8. The van der Waals surface area contributed by atoms with Gasteiger partial charge in [-0.05, 0) is 48.0 Å². The minimum atomic E-state index is -0.578. The van der Waals surface area contributed by atoms with Crippen molar-refractivity contribution in [3.63, 3.8) is 0 Å². The third kappa shape index (κ3) is 4.59. The number of hydrogen-bond acceptors (Lipinski definition) is 6. The molecule has 2 aromatic carbocycles. The lowest BCUT2D eigenvalue weighted by Gasteiger charge is -2.11. The molecule has 4 rings (SSSR count). The fraction of sp³-hybridized carbons (Fsp3) is 0.0870. The van der Waals surface area contributed by atoms with Crippen LogP contribution in [0.3, 0.4) is 0 Å². The lowest BCUT2D eigenvalue weighted by Crippen LogP contribution is -2.05. The lowest BCUT2D eigenvalue weighted by molar-refractivity contribution is 0.112. The molecule has 0 aliphatic carbocycles. The summed E-state index contributed by atoms with van der Waals surface area (Å²) in [5.41, 5.74) is 9.69. The van der Waals surface area contributed by atoms with Crippen LogP contribution in [-0.4, -0.2) is 28.5 Å². The number of anilines is 2. The maximum Gasteiger partial charge on any atom is 0.152 e. The molecule has 4 N–H and O–H groups in total. The molecule has 0 spiro atoms. The van der Waals surface area contributed by atoms with Crippen molar-refractivity contribution in [1.82, 2.24) is 9.97 Å². The fourth-order valence-electron chi connectivity index (χ4n) is 2.98. The Morgan fingerprint density at radius 1 is 1.10 bits per heavy atom. The molecule has 2 aromatic heterocycles. The standard InChI is InChI=1S/C22H17FN4O.CH4O/c23-18-11-16(4-5-17(18)13-28)21-8-6-19(24)22(27-21)26-12-14-3-7-20-15(10-14)2-1-9-25-20;1-2/h1-11,13H,12,24H2,(H,26,27);2H,1H3. The normalized spacial score (nSPS) is 10.2. The van der Waals surface area contributed by atoms with Gasteiger partial charge in [-0.3, -0.25) is 9.78 Å². The third-order valence-corrected chi connectivity index (χ3v) is 4.48. The molecule has 0 saturated carbocycles. The number of hydrogen-bond donors (Lipinski definition) is 3. The minimum absolute atomic E-state index is 0.0170. The van der Waals surface area contributed by atoms with Crippen molar-refractivity contribution >= 4 is 28.7 Å². The van der Waals surface area contributed by atoms with Gasteiger partial charge >= 0.3 is 0 Å². The number of aliphatic hydroxyl groups is 1. The summed E-state index contributed by atoms with van der Waals surface area (Å²) in [6.07, 6.45) is 2.25. The lowest BCUT2D eigenvalue weighted by atomic mass is 10.1. The van der Waals surface area contributed by atoms with Gasteiger partial charge < -0.3 is 16.2 Å². The van der Waals surface area contributed by atoms with Gasteiger partial charge in [-0.25, -0.2) is 9.37 Å². The van der Waals surface area contributed by atoms with E-state index in [9.17, 15) is 9.18 Å². The Morgan fingerprint density at radius 3 is 2.70 bits per heavy atom. The number of nitrogen functional groups attached to an aromatic ring is 1. The number of carbonyl (C=O) groups excluding carboxylic acids is 1. The minimum Gasteiger partial charge on any atom is -0.400 e. The Labute approximate surface area is 173 Å². The van der Waals surface area contributed by atoms with Crippen LogP contribution < -0.4 is 11.1 Å². The van der Waals surface area contributed by atoms with Crippen LogP contribution in [0.25, 0.3) is 22.2 Å². The molecule has 0 aliphatic rings. The monoisotopic (exact) mass is 404 g/mol. The molecule has 30 heavy (non-hydrogen) atoms. The van der Waals surface area contributed by atoms with Gasteiger partial charge in [-0.15, -0.1) is 0 Å². The number of pyridine rings is 2. The molecule has 0 unspecified atom stereocenters. The first-order valence-electron chi connectivity index (χ1n) is 9.18. The second-order valence-corrected chi connectivity index (χ2v) is 6.37. The fourth-order valence-corrected chi connectivity index (χ4v) is 2.98. The number of aliphatic hydroxyl groups excluding tert-OH is 1. The molecular formula is C23H21FN4O2. The van der Waals surface area contributed by atoms with Gasteiger partial charge in [0.15, 0.2) is 6.29 Å². The maximum absolute atomic E-state index is 13.9. The Morgan fingerprint density at radius 2 is 1.93 bits per heavy atom. The summed E-state index contributed by atoms with van der Waals surface area (Å²) < 4.78 is 13.9. The first-order chi connectivity index (χ1) is 14.6. The molecule has 7 heteroatoms. The average Bonchev–Trinajstić information content (AvgIpc) is 2.79. The number of halogens is 1. The van der Waals surface area contributed by atoms with Crippen molar-refractivity contribution in [3.05, 3.63) is 83.8 Å². The molecule has 0 fully saturated rings. The smallest absolute Gasteiger partial charge is 0.152 e. The van der Waals surface area contributed by atoms with Gasteiger partial charge in [-0.2, -0.15) is 0 Å². The molecule has 152 valence electrons. The molecule has 0 amide bonds. The van der Waals surface area contributed by atoms with Crippen molar-refractivity contribution < 1.29 is 14.3 Å². The van der Waals surface area contributed by atoms with E-state index in [1.807, 2.05) is 24.3 Å². The van der Waals surface area contributed by atoms with Crippen molar-refractivity contribution in [2.45, 2.75) is 6.54 Å². The van der Waals surface area contributed by atoms with Crippen molar-refractivity contribution in [1.29, 1.82) is 0 Å². The van der Waals surface area contributed by atoms with Gasteiger partial charge in [0.1, 0.15) is 11.6 Å². The zero-order valence-electron chi connectivity index (χ0n) is 16.3. The second-order valence-electron chi connectivity index (χ2n) is 6.37. The van der Waals surface area contributed by atoms with Crippen molar-refractivity contribution in [3.8, 4) is 11.3 Å². The molecule has 0 bridgehead atoms. The summed E-state index contributed by atoms with van der Waals surface area (Å²) in [4.78, 5) is 19.6. The zero-order valence-corrected chi connectivity index (χ0v) is 16.3. The van der Waals surface area contributed by atoms with Crippen LogP contribution in [0.1, 0.15) is 15.9 Å².